The van der Waals surface area contributed by atoms with Gasteiger partial charge in [0.05, 0.1) is 50.0 Å². The number of hydrogen-bond donors (Lipinski definition) is 4. The number of carbonyl (C=O) groups is 2. The number of non-ortho nitro benzene ring substituents is 1. The molecule has 1 unspecified atom stereocenters. The summed E-state index contributed by atoms with van der Waals surface area (Å²) in [4.78, 5) is 33.5. The molecule has 0 saturated carbocycles. The minimum absolute atomic E-state index is 0.0878. The van der Waals surface area contributed by atoms with Crippen molar-refractivity contribution in [1.82, 2.24) is 5.32 Å². The van der Waals surface area contributed by atoms with Crippen LogP contribution in [0.5, 0.6) is 5.75 Å². The molecule has 11 nitrogen and oxygen atoms in total. The Morgan fingerprint density at radius 2 is 2.08 bits per heavy atom. The monoisotopic (exact) mass is 371 g/mol. The Hall–Kier alpha value is -2.76. The van der Waals surface area contributed by atoms with Gasteiger partial charge >= 0.3 is 5.97 Å². The normalized spacial score (nSPS) is 11.6. The molecule has 26 heavy (non-hydrogen) atoms. The van der Waals surface area contributed by atoms with Gasteiger partial charge in [0.1, 0.15) is 11.8 Å². The molecule has 0 fully saturated rings. The van der Waals surface area contributed by atoms with Crippen LogP contribution >= 0.6 is 0 Å². The largest absolute Gasteiger partial charge is 0.494 e. The molecule has 11 heteroatoms. The summed E-state index contributed by atoms with van der Waals surface area (Å²) in [6.45, 7) is 0.370. The van der Waals surface area contributed by atoms with Gasteiger partial charge < -0.3 is 30.3 Å². The number of carboxylic acids is 1. The summed E-state index contributed by atoms with van der Waals surface area (Å²) in [7, 11) is 1.29. The van der Waals surface area contributed by atoms with Crippen molar-refractivity contribution in [3.63, 3.8) is 0 Å². The van der Waals surface area contributed by atoms with Gasteiger partial charge in [0.15, 0.2) is 0 Å². The molecule has 0 saturated heterocycles. The van der Waals surface area contributed by atoms with Gasteiger partial charge in [-0.25, -0.2) is 0 Å². The Morgan fingerprint density at radius 3 is 2.65 bits per heavy atom. The molecule has 1 rings (SSSR count). The van der Waals surface area contributed by atoms with E-state index in [2.05, 4.69) is 10.6 Å². The second-order valence-electron chi connectivity index (χ2n) is 5.07. The van der Waals surface area contributed by atoms with Crippen LogP contribution in [0.25, 0.3) is 0 Å². The van der Waals surface area contributed by atoms with Gasteiger partial charge in [0.25, 0.3) is 5.69 Å². The summed E-state index contributed by atoms with van der Waals surface area (Å²) in [5.74, 6) is -1.73. The first kappa shape index (κ1) is 21.3. The van der Waals surface area contributed by atoms with E-state index in [0.29, 0.717) is 0 Å². The van der Waals surface area contributed by atoms with E-state index in [1.165, 1.54) is 19.2 Å². The Balaban J connectivity index is 2.64. The van der Waals surface area contributed by atoms with Crippen molar-refractivity contribution in [2.45, 2.75) is 12.5 Å². The van der Waals surface area contributed by atoms with E-state index in [1.54, 1.807) is 0 Å². The van der Waals surface area contributed by atoms with Crippen LogP contribution in [0, 0.1) is 10.1 Å². The van der Waals surface area contributed by atoms with Crippen LogP contribution in [0.3, 0.4) is 0 Å². The molecular weight excluding hydrogens is 350 g/mol. The molecule has 1 atom stereocenters. The number of benzene rings is 1. The van der Waals surface area contributed by atoms with Crippen LogP contribution in [0.1, 0.15) is 6.42 Å². The molecule has 4 N–H and O–H groups in total. The molecule has 0 bridgehead atoms. The van der Waals surface area contributed by atoms with Crippen molar-refractivity contribution in [2.75, 3.05) is 38.8 Å². The molecule has 0 aromatic heterocycles. The lowest BCUT2D eigenvalue weighted by molar-refractivity contribution is -0.384. The SMILES string of the molecule is COc1cc([N+](=O)[O-])ccc1NC(=O)CC(NCCOCCO)C(=O)O. The van der Waals surface area contributed by atoms with Crippen molar-refractivity contribution >= 4 is 23.3 Å². The Labute approximate surface area is 149 Å². The fraction of sp³-hybridized carbons (Fsp3) is 0.467. The topological polar surface area (TPSA) is 160 Å². The Kier molecular flexibility index (Phi) is 8.98. The van der Waals surface area contributed by atoms with Gasteiger partial charge in [-0.15, -0.1) is 0 Å². The second kappa shape index (κ2) is 11.0. The maximum atomic E-state index is 12.1. The highest BCUT2D eigenvalue weighted by Gasteiger charge is 2.21. The number of aliphatic hydroxyl groups excluding tert-OH is 1. The van der Waals surface area contributed by atoms with Gasteiger partial charge in [-0.1, -0.05) is 0 Å². The first-order chi connectivity index (χ1) is 12.4. The van der Waals surface area contributed by atoms with E-state index >= 15 is 0 Å². The molecular formula is C15H21N3O8. The number of carboxylic acid groups (broad SMARTS) is 1. The average molecular weight is 371 g/mol. The van der Waals surface area contributed by atoms with Crippen LogP contribution < -0.4 is 15.4 Å². The van der Waals surface area contributed by atoms with Crippen LogP contribution in [-0.2, 0) is 14.3 Å². The van der Waals surface area contributed by atoms with E-state index in [-0.39, 0.29) is 49.9 Å². The maximum Gasteiger partial charge on any atom is 0.321 e. The van der Waals surface area contributed by atoms with Gasteiger partial charge in [-0.2, -0.15) is 0 Å². The number of hydrogen-bond acceptors (Lipinski definition) is 8. The first-order valence-corrected chi connectivity index (χ1v) is 7.66. The summed E-state index contributed by atoms with van der Waals surface area (Å²) in [6, 6.07) is 2.52. The smallest absolute Gasteiger partial charge is 0.321 e. The minimum atomic E-state index is -1.21. The standard InChI is InChI=1S/C15H21N3O8/c1-25-13-8-10(18(23)24)2-3-11(13)17-14(20)9-12(15(21)22)16-4-6-26-7-5-19/h2-3,8,12,16,19H,4-7,9H2,1H3,(H,17,20)(H,21,22). The van der Waals surface area contributed by atoms with Crippen molar-refractivity contribution in [3.8, 4) is 5.75 Å². The van der Waals surface area contributed by atoms with E-state index < -0.39 is 22.8 Å². The summed E-state index contributed by atoms with van der Waals surface area (Å²) >= 11 is 0. The maximum absolute atomic E-state index is 12.1. The third kappa shape index (κ3) is 7.01. The highest BCUT2D eigenvalue weighted by Crippen LogP contribution is 2.29. The molecule has 0 aliphatic carbocycles. The Morgan fingerprint density at radius 1 is 1.35 bits per heavy atom. The van der Waals surface area contributed by atoms with Crippen LogP contribution in [0.2, 0.25) is 0 Å². The number of amides is 1. The zero-order valence-electron chi connectivity index (χ0n) is 14.1. The van der Waals surface area contributed by atoms with E-state index in [0.717, 1.165) is 6.07 Å². The first-order valence-electron chi connectivity index (χ1n) is 7.66. The summed E-state index contributed by atoms with van der Waals surface area (Å²) in [6.07, 6.45) is -0.366. The van der Waals surface area contributed by atoms with E-state index in [9.17, 15) is 19.7 Å². The number of aliphatic hydroxyl groups is 1. The van der Waals surface area contributed by atoms with Crippen LogP contribution in [0.4, 0.5) is 11.4 Å². The molecule has 1 aromatic carbocycles. The minimum Gasteiger partial charge on any atom is -0.494 e. The van der Waals surface area contributed by atoms with Gasteiger partial charge in [0, 0.05) is 12.6 Å². The summed E-state index contributed by atoms with van der Waals surface area (Å²) in [5.41, 5.74) is -0.00803. The van der Waals surface area contributed by atoms with Crippen molar-refractivity contribution < 1.29 is 34.2 Å². The van der Waals surface area contributed by atoms with Crippen molar-refractivity contribution in [3.05, 3.63) is 28.3 Å². The molecule has 0 spiro atoms. The van der Waals surface area contributed by atoms with Crippen LogP contribution in [-0.4, -0.2) is 66.5 Å². The van der Waals surface area contributed by atoms with Gasteiger partial charge in [0.2, 0.25) is 5.91 Å². The second-order valence-corrected chi connectivity index (χ2v) is 5.07. The average Bonchev–Trinajstić information content (AvgIpc) is 2.60. The lowest BCUT2D eigenvalue weighted by Gasteiger charge is -2.15. The number of rotatable bonds is 12. The number of nitro benzene ring substituents is 1. The molecule has 1 amide bonds. The fourth-order valence-electron chi connectivity index (χ4n) is 2.00. The molecule has 0 heterocycles. The predicted octanol–water partition coefficient (Wildman–Crippen LogP) is -0.0163. The number of aliphatic carboxylic acids is 1. The lowest BCUT2D eigenvalue weighted by atomic mass is 10.2. The van der Waals surface area contributed by atoms with Crippen molar-refractivity contribution in [1.29, 1.82) is 0 Å². The molecule has 0 aliphatic rings. The number of ether oxygens (including phenoxy) is 2. The zero-order valence-corrected chi connectivity index (χ0v) is 14.1. The fourth-order valence-corrected chi connectivity index (χ4v) is 2.00. The highest BCUT2D eigenvalue weighted by molar-refractivity contribution is 5.95. The molecule has 0 radical (unpaired) electrons. The lowest BCUT2D eigenvalue weighted by Crippen LogP contribution is -2.41. The van der Waals surface area contributed by atoms with Gasteiger partial charge in [-0.3, -0.25) is 19.7 Å². The number of methoxy groups -OCH3 is 1. The quantitative estimate of drug-likeness (QED) is 0.225. The Bertz CT molecular complexity index is 637. The molecule has 144 valence electrons. The summed E-state index contributed by atoms with van der Waals surface area (Å²) < 4.78 is 10.0. The van der Waals surface area contributed by atoms with Crippen LogP contribution in [0.15, 0.2) is 18.2 Å². The highest BCUT2D eigenvalue weighted by atomic mass is 16.6. The zero-order chi connectivity index (χ0) is 19.5. The number of nitrogens with one attached hydrogen (secondary N) is 2. The molecule has 1 aromatic rings. The predicted molar refractivity (Wildman–Crippen MR) is 90.2 cm³/mol. The number of nitro groups is 1. The third-order valence-corrected chi connectivity index (χ3v) is 3.23. The van der Waals surface area contributed by atoms with E-state index in [4.69, 9.17) is 19.7 Å². The van der Waals surface area contributed by atoms with E-state index in [1.807, 2.05) is 0 Å². The molecule has 0 aliphatic heterocycles. The summed E-state index contributed by atoms with van der Waals surface area (Å²) in [5, 5.41) is 33.6. The number of carbonyl (C=O) groups excluding carboxylic acids is 1. The number of anilines is 1. The number of nitrogens with zero attached hydrogens (tertiary/aromatic N) is 1. The van der Waals surface area contributed by atoms with Crippen molar-refractivity contribution in [2.24, 2.45) is 0 Å². The van der Waals surface area contributed by atoms with Gasteiger partial charge in [-0.05, 0) is 6.07 Å². The third-order valence-electron chi connectivity index (χ3n) is 3.23.